The van der Waals surface area contributed by atoms with Gasteiger partial charge in [0.2, 0.25) is 0 Å². The average molecular weight is 387 g/mol. The quantitative estimate of drug-likeness (QED) is 0.408. The van der Waals surface area contributed by atoms with Gasteiger partial charge in [0, 0.05) is 0 Å². The summed E-state index contributed by atoms with van der Waals surface area (Å²) in [4.78, 5) is 0. The Morgan fingerprint density at radius 3 is 0.643 bits per heavy atom. The van der Waals surface area contributed by atoms with Gasteiger partial charge in [0.05, 0.1) is 0 Å². The van der Waals surface area contributed by atoms with Crippen LogP contribution in [0, 0.1) is 59.1 Å². The summed E-state index contributed by atoms with van der Waals surface area (Å²) in [5.74, 6) is 0. The molecule has 0 aliphatic carbocycles. The van der Waals surface area contributed by atoms with E-state index >= 15 is 0 Å². The number of rotatable bonds is 0. The fourth-order valence-corrected chi connectivity index (χ4v) is 2.05. The van der Waals surface area contributed by atoms with Gasteiger partial charge in [-0.25, -0.2) is 0 Å². The van der Waals surface area contributed by atoms with Crippen molar-refractivity contribution >= 4 is 0 Å². The molecule has 0 saturated heterocycles. The maximum absolute atomic E-state index is 8.60. The van der Waals surface area contributed by atoms with Crippen LogP contribution in [0.5, 0.6) is 0 Å². The third-order valence-corrected chi connectivity index (χ3v) is 9.15. The maximum Gasteiger partial charge on any atom is 1.00 e. The molecule has 0 bridgehead atoms. The van der Waals surface area contributed by atoms with Crippen LogP contribution in [0.1, 0.15) is 0 Å². The van der Waals surface area contributed by atoms with E-state index in [1.807, 2.05) is 0 Å². The van der Waals surface area contributed by atoms with E-state index in [1.54, 1.807) is 0 Å². The van der Waals surface area contributed by atoms with Gasteiger partial charge in [-0.2, -0.15) is 0 Å². The van der Waals surface area contributed by atoms with Gasteiger partial charge in [-0.1, -0.05) is 0 Å². The van der Waals surface area contributed by atoms with Crippen molar-refractivity contribution in [3.63, 3.8) is 0 Å². The zero-order valence-corrected chi connectivity index (χ0v) is 12.5. The van der Waals surface area contributed by atoms with Crippen molar-refractivity contribution in [2.45, 2.75) is 0 Å². The van der Waals surface area contributed by atoms with E-state index in [0.29, 0.717) is 0 Å². The molecule has 0 amide bonds. The molecular weight excluding hydrogens is 387 g/mol. The monoisotopic (exact) mass is 388 g/mol. The van der Waals surface area contributed by atoms with Crippen LogP contribution in [0.3, 0.4) is 0 Å². The molecule has 64 valence electrons. The molecule has 8 heteroatoms. The van der Waals surface area contributed by atoms with Gasteiger partial charge in [-0.15, -0.1) is 0 Å². The minimum atomic E-state index is -6.69. The second-order valence-corrected chi connectivity index (χ2v) is 13.9. The minimum Gasteiger partial charge on any atom is 1.00 e. The van der Waals surface area contributed by atoms with Crippen molar-refractivity contribution in [2.75, 3.05) is 0 Å². The Labute approximate surface area is 121 Å². The first-order valence-electron chi connectivity index (χ1n) is 2.34. The van der Waals surface area contributed by atoms with Crippen molar-refractivity contribution < 1.29 is 64.3 Å². The molecule has 6 nitrogen and oxygen atoms in total. The number of hydrogen-bond acceptors (Lipinski definition) is 6. The first-order chi connectivity index (χ1) is 5.97. The van der Waals surface area contributed by atoms with Crippen LogP contribution in [-0.4, -0.2) is 0 Å². The Balaban J connectivity index is 0. The van der Waals surface area contributed by atoms with Crippen LogP contribution in [0.15, 0.2) is 0 Å². The number of hydrogen-bond donors (Lipinski definition) is 0. The number of nitrogens with zero attached hydrogens (tertiary/aromatic N) is 6. The molecule has 0 rings (SSSR count). The van der Waals surface area contributed by atoms with Crippen molar-refractivity contribution in [1.82, 2.24) is 0 Å². The summed E-state index contributed by atoms with van der Waals surface area (Å²) in [6.45, 7) is 0. The van der Waals surface area contributed by atoms with Crippen LogP contribution in [0.2, 0.25) is 0 Å². The summed E-state index contributed by atoms with van der Waals surface area (Å²) < 4.78 is 6.44. The molecule has 0 fully saturated rings. The van der Waals surface area contributed by atoms with Crippen LogP contribution >= 0.6 is 0 Å². The van der Waals surface area contributed by atoms with E-state index in [0.717, 1.165) is 27.5 Å². The topological polar surface area (TPSA) is 143 Å². The summed E-state index contributed by atoms with van der Waals surface area (Å²) >= 11 is -6.69. The van der Waals surface area contributed by atoms with Gasteiger partial charge in [-0.05, 0) is 0 Å². The van der Waals surface area contributed by atoms with Crippen molar-refractivity contribution in [3.05, 3.63) is 0 Å². The molecule has 0 heterocycles. The summed E-state index contributed by atoms with van der Waals surface area (Å²) in [6.07, 6.45) is 0. The number of nitriles is 6. The fraction of sp³-hybridized carbons (Fsp3) is 0. The van der Waals surface area contributed by atoms with Crippen LogP contribution in [-0.2, 0) is 12.9 Å². The second kappa shape index (κ2) is 3.77. The smallest absolute Gasteiger partial charge is 1.00 e. The fourth-order valence-electron chi connectivity index (χ4n) is 0.250. The van der Waals surface area contributed by atoms with Crippen LogP contribution in [0.25, 0.3) is 0 Å². The minimum absolute atomic E-state index is 0. The van der Waals surface area contributed by atoms with E-state index < -0.39 is 12.9 Å². The molecule has 0 aliphatic rings. The molecule has 0 aromatic heterocycles. The third kappa shape index (κ3) is 1.37. The van der Waals surface area contributed by atoms with Gasteiger partial charge in [0.15, 0.2) is 0 Å². The molecule has 0 atom stereocenters. The van der Waals surface area contributed by atoms with E-state index in [4.69, 9.17) is 31.6 Å². The largest absolute Gasteiger partial charge is 1.00 e. The molecule has 0 aromatic rings. The molecule has 0 spiro atoms. The Morgan fingerprint density at radius 2 is 0.643 bits per heavy atom. The molecule has 0 aromatic carbocycles. The molecule has 0 aliphatic heterocycles. The Hall–Kier alpha value is -0.774. The molecule has 0 saturated carbocycles. The molecule has 0 radical (unpaired) electrons. The second-order valence-electron chi connectivity index (χ2n) is 1.70. The standard InChI is InChI=1S/6CN.Ir.K/c6*1-2;;/q;;;;;;-1;+1. The van der Waals surface area contributed by atoms with Crippen molar-refractivity contribution in [2.24, 2.45) is 0 Å². The zero-order chi connectivity index (χ0) is 10.7. The van der Waals surface area contributed by atoms with E-state index in [1.165, 1.54) is 0 Å². The van der Waals surface area contributed by atoms with Gasteiger partial charge in [-0.3, -0.25) is 0 Å². The van der Waals surface area contributed by atoms with Gasteiger partial charge in [0.25, 0.3) is 0 Å². The SMILES string of the molecule is N#[C][Ir-]([C]#N)([C]#N)([C]#N)([C]#N)[C]#N.[K+]. The maximum atomic E-state index is 8.60. The predicted octanol–water partition coefficient (Wildman–Crippen LogP) is -2.90. The molecule has 14 heavy (non-hydrogen) atoms. The van der Waals surface area contributed by atoms with Gasteiger partial charge < -0.3 is 0 Å². The predicted molar refractivity (Wildman–Crippen MR) is 33.7 cm³/mol. The molecule has 0 unspecified atom stereocenters. The first kappa shape index (κ1) is 15.7. The van der Waals surface area contributed by atoms with Crippen molar-refractivity contribution in [1.29, 1.82) is 31.6 Å². The van der Waals surface area contributed by atoms with E-state index in [2.05, 4.69) is 0 Å². The van der Waals surface area contributed by atoms with Crippen molar-refractivity contribution in [3.8, 4) is 27.5 Å². The summed E-state index contributed by atoms with van der Waals surface area (Å²) in [7, 11) is 0. The normalized spacial score (nSPS) is 12.4. The summed E-state index contributed by atoms with van der Waals surface area (Å²) in [5.41, 5.74) is 0. The summed E-state index contributed by atoms with van der Waals surface area (Å²) in [5, 5.41) is 51.6. The van der Waals surface area contributed by atoms with Crippen LogP contribution < -0.4 is 51.4 Å². The average Bonchev–Trinajstić information content (AvgIpc) is 2.26. The summed E-state index contributed by atoms with van der Waals surface area (Å²) in [6, 6.07) is 0. The van der Waals surface area contributed by atoms with Gasteiger partial charge >= 0.3 is 123 Å². The zero-order valence-electron chi connectivity index (χ0n) is 7.02. The van der Waals surface area contributed by atoms with E-state index in [9.17, 15) is 0 Å². The van der Waals surface area contributed by atoms with E-state index in [-0.39, 0.29) is 51.4 Å². The van der Waals surface area contributed by atoms with Gasteiger partial charge in [0.1, 0.15) is 0 Å². The Kier molecular flexibility index (Phi) is 4.22. The Bertz CT molecular complexity index is 392. The third-order valence-electron chi connectivity index (χ3n) is 1.12. The Morgan fingerprint density at radius 1 is 0.500 bits per heavy atom. The molecule has 0 N–H and O–H groups in total. The van der Waals surface area contributed by atoms with Crippen LogP contribution in [0.4, 0.5) is 0 Å². The molecular formula is C6IrKN6. The first-order valence-corrected chi connectivity index (χ1v) is 9.53.